The number of hydrogen-bond acceptors (Lipinski definition) is 6. The van der Waals surface area contributed by atoms with Gasteiger partial charge in [0.25, 0.3) is 0 Å². The second kappa shape index (κ2) is 9.01. The summed E-state index contributed by atoms with van der Waals surface area (Å²) in [6.45, 7) is 0. The minimum absolute atomic E-state index is 0. The third-order valence-corrected chi connectivity index (χ3v) is 3.76. The quantitative estimate of drug-likeness (QED) is 0.543. The molecule has 0 radical (unpaired) electrons. The van der Waals surface area contributed by atoms with Gasteiger partial charge < -0.3 is 9.11 Å². The van der Waals surface area contributed by atoms with E-state index in [4.69, 9.17) is 0 Å². The molecular weight excluding hydrogens is 392 g/mol. The molecule has 0 heterocycles. The Bertz CT molecular complexity index is 675. The maximum absolute atomic E-state index is 10.3. The average molecular weight is 402 g/mol. The van der Waals surface area contributed by atoms with Gasteiger partial charge in [0.05, 0.1) is 9.79 Å². The van der Waals surface area contributed by atoms with Crippen LogP contribution in [0.15, 0.2) is 70.5 Å². The first-order chi connectivity index (χ1) is 9.21. The van der Waals surface area contributed by atoms with Crippen molar-refractivity contribution in [3.8, 4) is 0 Å². The van der Waals surface area contributed by atoms with Gasteiger partial charge in [0, 0.05) is 0 Å². The molecule has 0 aliphatic rings. The fourth-order valence-electron chi connectivity index (χ4n) is 1.17. The predicted molar refractivity (Wildman–Crippen MR) is 74.6 cm³/mol. The van der Waals surface area contributed by atoms with E-state index in [-0.39, 0.29) is 55.3 Å². The van der Waals surface area contributed by atoms with Crippen molar-refractivity contribution >= 4 is 65.7 Å². The van der Waals surface area contributed by atoms with Gasteiger partial charge in [-0.3, -0.25) is 0 Å². The number of rotatable bonds is 2. The topological polar surface area (TPSA) is 114 Å². The van der Waals surface area contributed by atoms with E-state index in [9.17, 15) is 25.9 Å². The fraction of sp³-hybridized carbons (Fsp3) is 0. The van der Waals surface area contributed by atoms with Crippen molar-refractivity contribution in [1.29, 1.82) is 0 Å². The van der Waals surface area contributed by atoms with Crippen LogP contribution in [-0.2, 0) is 20.2 Å². The molecule has 108 valence electrons. The van der Waals surface area contributed by atoms with Gasteiger partial charge in [-0.05, 0) is 24.3 Å². The van der Waals surface area contributed by atoms with Gasteiger partial charge in [-0.1, -0.05) is 36.4 Å². The van der Waals surface area contributed by atoms with Crippen molar-refractivity contribution in [3.63, 3.8) is 0 Å². The Morgan fingerprint density at radius 2 is 0.810 bits per heavy atom. The van der Waals surface area contributed by atoms with Crippen LogP contribution in [-0.4, -0.2) is 71.4 Å². The molecule has 0 spiro atoms. The van der Waals surface area contributed by atoms with Crippen LogP contribution in [0.2, 0.25) is 0 Å². The Balaban J connectivity index is 0.000000364. The van der Waals surface area contributed by atoms with Crippen LogP contribution in [0.5, 0.6) is 0 Å². The molecule has 0 fully saturated rings. The SMILES string of the molecule is O=S(=O)([O-])c1ccccc1.O=S(=O)([O-])c1ccccc1.[Sr+2]. The van der Waals surface area contributed by atoms with Gasteiger partial charge in [-0.25, -0.2) is 16.8 Å². The zero-order valence-electron chi connectivity index (χ0n) is 10.7. The molecule has 0 aliphatic heterocycles. The standard InChI is InChI=1S/2C6H6O3S.Sr/c2*7-10(8,9)6-4-2-1-3-5-6;/h2*1-5H,(H,7,8,9);/q;;+2/p-2. The van der Waals surface area contributed by atoms with E-state index in [0.717, 1.165) is 0 Å². The Morgan fingerprint density at radius 3 is 0.952 bits per heavy atom. The molecule has 2 aromatic carbocycles. The van der Waals surface area contributed by atoms with Crippen LogP contribution < -0.4 is 0 Å². The van der Waals surface area contributed by atoms with E-state index >= 15 is 0 Å². The van der Waals surface area contributed by atoms with Gasteiger partial charge in [-0.2, -0.15) is 0 Å². The third kappa shape index (κ3) is 8.07. The van der Waals surface area contributed by atoms with E-state index in [0.29, 0.717) is 0 Å². The molecule has 6 nitrogen and oxygen atoms in total. The molecule has 0 bridgehead atoms. The summed E-state index contributed by atoms with van der Waals surface area (Å²) in [5.41, 5.74) is 0. The maximum Gasteiger partial charge on any atom is 2.00 e. The molecule has 0 saturated carbocycles. The van der Waals surface area contributed by atoms with Crippen LogP contribution in [0.25, 0.3) is 0 Å². The summed E-state index contributed by atoms with van der Waals surface area (Å²) in [6.07, 6.45) is 0. The molecule has 0 saturated heterocycles. The Hall–Kier alpha value is -0.259. The molecule has 0 aromatic heterocycles. The largest absolute Gasteiger partial charge is 2.00 e. The van der Waals surface area contributed by atoms with E-state index in [1.807, 2.05) is 0 Å². The van der Waals surface area contributed by atoms with Crippen LogP contribution >= 0.6 is 0 Å². The summed E-state index contributed by atoms with van der Waals surface area (Å²) in [4.78, 5) is -0.370. The van der Waals surface area contributed by atoms with Crippen LogP contribution in [0.4, 0.5) is 0 Å². The number of benzene rings is 2. The molecule has 9 heteroatoms. The molecular formula is C12H10O6S2Sr. The molecule has 0 N–H and O–H groups in total. The van der Waals surface area contributed by atoms with E-state index < -0.39 is 20.2 Å². The third-order valence-electron chi connectivity index (χ3n) is 2.06. The van der Waals surface area contributed by atoms with Gasteiger partial charge in [0.2, 0.25) is 0 Å². The van der Waals surface area contributed by atoms with Gasteiger partial charge in [-0.15, -0.1) is 0 Å². The van der Waals surface area contributed by atoms with Crippen molar-refractivity contribution in [2.45, 2.75) is 9.79 Å². The zero-order valence-corrected chi connectivity index (χ0v) is 15.9. The summed E-state index contributed by atoms with van der Waals surface area (Å²) in [5.74, 6) is 0. The molecule has 0 atom stereocenters. The van der Waals surface area contributed by atoms with Crippen molar-refractivity contribution in [3.05, 3.63) is 60.7 Å². The first kappa shape index (κ1) is 20.7. The van der Waals surface area contributed by atoms with Gasteiger partial charge in [0.1, 0.15) is 20.2 Å². The van der Waals surface area contributed by atoms with Crippen LogP contribution in [0.1, 0.15) is 0 Å². The fourth-order valence-corrected chi connectivity index (χ4v) is 2.16. The summed E-state index contributed by atoms with van der Waals surface area (Å²) in [7, 11) is -8.51. The van der Waals surface area contributed by atoms with Crippen molar-refractivity contribution in [1.82, 2.24) is 0 Å². The van der Waals surface area contributed by atoms with Crippen LogP contribution in [0, 0.1) is 0 Å². The molecule has 0 aliphatic carbocycles. The maximum atomic E-state index is 10.3. The van der Waals surface area contributed by atoms with Gasteiger partial charge >= 0.3 is 45.5 Å². The van der Waals surface area contributed by atoms with Crippen LogP contribution in [0.3, 0.4) is 0 Å². The second-order valence-corrected chi connectivity index (χ2v) is 6.29. The Labute approximate surface area is 160 Å². The van der Waals surface area contributed by atoms with Crippen molar-refractivity contribution < 1.29 is 25.9 Å². The minimum Gasteiger partial charge on any atom is -0.744 e. The zero-order chi connectivity index (χ0) is 15.2. The number of hydrogen-bond donors (Lipinski definition) is 0. The molecule has 2 rings (SSSR count). The van der Waals surface area contributed by atoms with E-state index in [1.165, 1.54) is 48.5 Å². The minimum atomic E-state index is -4.25. The second-order valence-electron chi connectivity index (χ2n) is 3.53. The van der Waals surface area contributed by atoms with Crippen molar-refractivity contribution in [2.24, 2.45) is 0 Å². The van der Waals surface area contributed by atoms with E-state index in [1.54, 1.807) is 12.1 Å². The monoisotopic (exact) mass is 402 g/mol. The molecule has 21 heavy (non-hydrogen) atoms. The average Bonchev–Trinajstić information content (AvgIpc) is 2.40. The summed E-state index contributed by atoms with van der Waals surface area (Å²) in [6, 6.07) is 14.4. The predicted octanol–water partition coefficient (Wildman–Crippen LogP) is 0.801. The molecule has 2 aromatic rings. The first-order valence-electron chi connectivity index (χ1n) is 5.23. The Morgan fingerprint density at radius 1 is 0.571 bits per heavy atom. The summed E-state index contributed by atoms with van der Waals surface area (Å²) in [5, 5.41) is 0. The smallest absolute Gasteiger partial charge is 0.744 e. The first-order valence-corrected chi connectivity index (χ1v) is 8.05. The normalized spacial score (nSPS) is 10.8. The van der Waals surface area contributed by atoms with E-state index in [2.05, 4.69) is 0 Å². The van der Waals surface area contributed by atoms with Gasteiger partial charge in [0.15, 0.2) is 0 Å². The van der Waals surface area contributed by atoms with Crippen molar-refractivity contribution in [2.75, 3.05) is 0 Å². The molecule has 0 unspecified atom stereocenters. The summed E-state index contributed by atoms with van der Waals surface area (Å²) >= 11 is 0. The molecule has 0 amide bonds. The summed E-state index contributed by atoms with van der Waals surface area (Å²) < 4.78 is 61.7. The Kier molecular flexibility index (Phi) is 8.90.